The molecule has 1 aromatic carbocycles. The Morgan fingerprint density at radius 3 is 3.04 bits per heavy atom. The van der Waals surface area contributed by atoms with Gasteiger partial charge in [0.2, 0.25) is 0 Å². The molecule has 2 heterocycles. The van der Waals surface area contributed by atoms with E-state index in [1.807, 2.05) is 24.3 Å². The summed E-state index contributed by atoms with van der Waals surface area (Å²) in [5, 5.41) is 9.74. The predicted octanol–water partition coefficient (Wildman–Crippen LogP) is 2.37. The molecule has 3 aromatic rings. The first-order valence-electron chi connectivity index (χ1n) is 8.09. The standard InChI is InChI=1S/C18H18N2O3S/c21-8-9-23-14-6-2-1-4-12(14)10-20-11-19-17-16(18(20)22)13-5-3-7-15(13)24-17/h1-2,4,6,11,21H,3,5,7-10H2. The topological polar surface area (TPSA) is 64.4 Å². The van der Waals surface area contributed by atoms with Gasteiger partial charge in [0.25, 0.3) is 5.56 Å². The van der Waals surface area contributed by atoms with E-state index < -0.39 is 0 Å². The van der Waals surface area contributed by atoms with E-state index in [1.54, 1.807) is 22.2 Å². The molecule has 0 atom stereocenters. The van der Waals surface area contributed by atoms with Crippen LogP contribution in [0.4, 0.5) is 0 Å². The molecule has 6 heteroatoms. The van der Waals surface area contributed by atoms with Crippen LogP contribution in [0.1, 0.15) is 22.4 Å². The fourth-order valence-corrected chi connectivity index (χ4v) is 4.47. The van der Waals surface area contributed by atoms with E-state index in [0.29, 0.717) is 12.3 Å². The maximum absolute atomic E-state index is 12.9. The Morgan fingerprint density at radius 2 is 2.17 bits per heavy atom. The highest BCUT2D eigenvalue weighted by molar-refractivity contribution is 7.18. The monoisotopic (exact) mass is 342 g/mol. The van der Waals surface area contributed by atoms with Gasteiger partial charge in [-0.15, -0.1) is 11.3 Å². The number of hydrogen-bond acceptors (Lipinski definition) is 5. The lowest BCUT2D eigenvalue weighted by Gasteiger charge is -2.12. The van der Waals surface area contributed by atoms with E-state index in [2.05, 4.69) is 4.98 Å². The zero-order valence-corrected chi connectivity index (χ0v) is 14.0. The summed E-state index contributed by atoms with van der Waals surface area (Å²) in [5.74, 6) is 0.689. The molecule has 0 saturated heterocycles. The lowest BCUT2D eigenvalue weighted by atomic mass is 10.2. The van der Waals surface area contributed by atoms with Gasteiger partial charge in [0.05, 0.1) is 24.9 Å². The average Bonchev–Trinajstić information content (AvgIpc) is 3.17. The molecule has 1 N–H and O–H groups in total. The number of thiophene rings is 1. The second-order valence-electron chi connectivity index (χ2n) is 5.89. The maximum Gasteiger partial charge on any atom is 0.262 e. The molecule has 0 aliphatic heterocycles. The van der Waals surface area contributed by atoms with E-state index in [9.17, 15) is 4.79 Å². The lowest BCUT2D eigenvalue weighted by molar-refractivity contribution is 0.200. The molecular formula is C18H18N2O3S. The number of fused-ring (bicyclic) bond motifs is 3. The Hall–Kier alpha value is -2.18. The summed E-state index contributed by atoms with van der Waals surface area (Å²) in [6.45, 7) is 0.609. The summed E-state index contributed by atoms with van der Waals surface area (Å²) in [4.78, 5) is 19.6. The van der Waals surface area contributed by atoms with E-state index in [4.69, 9.17) is 9.84 Å². The van der Waals surface area contributed by atoms with E-state index in [1.165, 1.54) is 10.4 Å². The van der Waals surface area contributed by atoms with E-state index in [-0.39, 0.29) is 18.8 Å². The minimum atomic E-state index is -0.0389. The number of aromatic nitrogens is 2. The van der Waals surface area contributed by atoms with Crippen molar-refractivity contribution in [2.24, 2.45) is 0 Å². The predicted molar refractivity (Wildman–Crippen MR) is 94.0 cm³/mol. The molecule has 1 aliphatic carbocycles. The number of aryl methyl sites for hydroxylation is 2. The number of para-hydroxylation sites is 1. The summed E-state index contributed by atoms with van der Waals surface area (Å²) in [5.41, 5.74) is 2.13. The van der Waals surface area contributed by atoms with Crippen LogP contribution in [0.5, 0.6) is 5.75 Å². The fraction of sp³-hybridized carbons (Fsp3) is 0.333. The van der Waals surface area contributed by atoms with E-state index in [0.717, 1.165) is 35.0 Å². The number of aliphatic hydroxyl groups excluding tert-OH is 1. The second-order valence-corrected chi connectivity index (χ2v) is 6.98. The van der Waals surface area contributed by atoms with Crippen molar-refractivity contribution in [2.45, 2.75) is 25.8 Å². The molecule has 0 saturated carbocycles. The van der Waals surface area contributed by atoms with Crippen LogP contribution in [-0.4, -0.2) is 27.9 Å². The molecule has 24 heavy (non-hydrogen) atoms. The molecule has 4 rings (SSSR count). The first-order chi connectivity index (χ1) is 11.8. The third-order valence-corrected chi connectivity index (χ3v) is 5.55. The lowest BCUT2D eigenvalue weighted by Crippen LogP contribution is -2.21. The molecule has 0 spiro atoms. The third kappa shape index (κ3) is 2.61. The zero-order chi connectivity index (χ0) is 16.5. The first kappa shape index (κ1) is 15.4. The van der Waals surface area contributed by atoms with Crippen molar-refractivity contribution in [3.8, 4) is 5.75 Å². The van der Waals surface area contributed by atoms with Crippen molar-refractivity contribution in [1.82, 2.24) is 9.55 Å². The molecular weight excluding hydrogens is 324 g/mol. The van der Waals surface area contributed by atoms with Crippen LogP contribution in [0.15, 0.2) is 35.4 Å². The zero-order valence-electron chi connectivity index (χ0n) is 13.2. The van der Waals surface area contributed by atoms with Crippen molar-refractivity contribution in [3.63, 3.8) is 0 Å². The minimum Gasteiger partial charge on any atom is -0.491 e. The van der Waals surface area contributed by atoms with Gasteiger partial charge in [-0.2, -0.15) is 0 Å². The van der Waals surface area contributed by atoms with Gasteiger partial charge in [0.15, 0.2) is 0 Å². The summed E-state index contributed by atoms with van der Waals surface area (Å²) < 4.78 is 7.21. The van der Waals surface area contributed by atoms with Crippen molar-refractivity contribution in [1.29, 1.82) is 0 Å². The first-order valence-corrected chi connectivity index (χ1v) is 8.91. The van der Waals surface area contributed by atoms with Crippen molar-refractivity contribution in [3.05, 3.63) is 57.0 Å². The van der Waals surface area contributed by atoms with Gasteiger partial charge < -0.3 is 9.84 Å². The summed E-state index contributed by atoms with van der Waals surface area (Å²) in [6.07, 6.45) is 4.79. The molecule has 0 radical (unpaired) electrons. The van der Waals surface area contributed by atoms with E-state index >= 15 is 0 Å². The average molecular weight is 342 g/mol. The van der Waals surface area contributed by atoms with Gasteiger partial charge in [-0.3, -0.25) is 9.36 Å². The van der Waals surface area contributed by atoms with Gasteiger partial charge in [0.1, 0.15) is 17.2 Å². The van der Waals surface area contributed by atoms with Gasteiger partial charge >= 0.3 is 0 Å². The number of aliphatic hydroxyl groups is 1. The second kappa shape index (κ2) is 6.37. The number of hydrogen-bond donors (Lipinski definition) is 1. The Labute approximate surface area is 143 Å². The van der Waals surface area contributed by atoms with Gasteiger partial charge in [-0.1, -0.05) is 18.2 Å². The SMILES string of the molecule is O=c1c2c3c(sc2ncn1Cc1ccccc1OCCO)CCC3. The molecule has 0 fully saturated rings. The fourth-order valence-electron chi connectivity index (χ4n) is 3.25. The van der Waals surface area contributed by atoms with Crippen LogP contribution in [0.25, 0.3) is 10.2 Å². The third-order valence-electron chi connectivity index (χ3n) is 4.35. The molecule has 1 aliphatic rings. The number of benzene rings is 1. The van der Waals surface area contributed by atoms with Crippen LogP contribution in [0.2, 0.25) is 0 Å². The molecule has 0 amide bonds. The van der Waals surface area contributed by atoms with Crippen molar-refractivity contribution < 1.29 is 9.84 Å². The Kier molecular flexibility index (Phi) is 4.08. The maximum atomic E-state index is 12.9. The van der Waals surface area contributed by atoms with Crippen LogP contribution in [-0.2, 0) is 19.4 Å². The molecule has 5 nitrogen and oxygen atoms in total. The summed E-state index contributed by atoms with van der Waals surface area (Å²) in [6, 6.07) is 7.58. The molecule has 0 bridgehead atoms. The highest BCUT2D eigenvalue weighted by Gasteiger charge is 2.21. The number of ether oxygens (including phenoxy) is 1. The summed E-state index contributed by atoms with van der Waals surface area (Å²) >= 11 is 1.65. The van der Waals surface area contributed by atoms with Gasteiger partial charge in [-0.25, -0.2) is 4.98 Å². The Balaban J connectivity index is 1.73. The minimum absolute atomic E-state index is 0.0244. The normalized spacial score (nSPS) is 13.4. The molecule has 124 valence electrons. The van der Waals surface area contributed by atoms with Crippen molar-refractivity contribution in [2.75, 3.05) is 13.2 Å². The van der Waals surface area contributed by atoms with Crippen LogP contribution >= 0.6 is 11.3 Å². The Bertz CT molecular complexity index is 945. The number of nitrogens with zero attached hydrogens (tertiary/aromatic N) is 2. The Morgan fingerprint density at radius 1 is 1.29 bits per heavy atom. The van der Waals surface area contributed by atoms with Crippen LogP contribution in [0, 0.1) is 0 Å². The van der Waals surface area contributed by atoms with Crippen molar-refractivity contribution >= 4 is 21.6 Å². The highest BCUT2D eigenvalue weighted by atomic mass is 32.1. The molecule has 2 aromatic heterocycles. The quantitative estimate of drug-likeness (QED) is 0.773. The smallest absolute Gasteiger partial charge is 0.262 e. The van der Waals surface area contributed by atoms with Gasteiger partial charge in [-0.05, 0) is 30.9 Å². The largest absolute Gasteiger partial charge is 0.491 e. The summed E-state index contributed by atoms with van der Waals surface area (Å²) in [7, 11) is 0. The molecule has 0 unspecified atom stereocenters. The van der Waals surface area contributed by atoms with Gasteiger partial charge in [0, 0.05) is 10.4 Å². The number of rotatable bonds is 5. The van der Waals surface area contributed by atoms with Crippen LogP contribution < -0.4 is 10.3 Å². The van der Waals surface area contributed by atoms with Crippen LogP contribution in [0.3, 0.4) is 0 Å². The highest BCUT2D eigenvalue weighted by Crippen LogP contribution is 2.34.